The minimum atomic E-state index is 0.429. The predicted octanol–water partition coefficient (Wildman–Crippen LogP) is 3.34. The average molecular weight is 263 g/mol. The van der Waals surface area contributed by atoms with Crippen LogP contribution in [0.3, 0.4) is 0 Å². The van der Waals surface area contributed by atoms with Crippen LogP contribution in [0.15, 0.2) is 29.4 Å². The number of rotatable bonds is 9. The Bertz CT molecular complexity index is 373. The molecule has 3 N–H and O–H groups in total. The number of hydrogen-bond donors (Lipinski definition) is 2. The zero-order valence-electron chi connectivity index (χ0n) is 12.0. The smallest absolute Gasteiger partial charge is 0.170 e. The van der Waals surface area contributed by atoms with Gasteiger partial charge in [0.25, 0.3) is 0 Å². The van der Waals surface area contributed by atoms with E-state index in [1.807, 2.05) is 24.3 Å². The molecule has 0 saturated carbocycles. The van der Waals surface area contributed by atoms with Crippen molar-refractivity contribution in [3.8, 4) is 0 Å². The monoisotopic (exact) mass is 263 g/mol. The summed E-state index contributed by atoms with van der Waals surface area (Å²) in [4.78, 5) is 5.22. The summed E-state index contributed by atoms with van der Waals surface area (Å²) >= 11 is 0. The van der Waals surface area contributed by atoms with Gasteiger partial charge in [-0.15, -0.1) is 0 Å². The molecule has 4 nitrogen and oxygen atoms in total. The number of unbranched alkanes of at least 4 members (excludes halogenated alkanes) is 3. The molecule has 4 heteroatoms. The average Bonchev–Trinajstić information content (AvgIpc) is 2.43. The summed E-state index contributed by atoms with van der Waals surface area (Å²) in [5.74, 6) is 0.429. The lowest BCUT2D eigenvalue weighted by atomic mass is 10.2. The Morgan fingerprint density at radius 2 is 1.89 bits per heavy atom. The van der Waals surface area contributed by atoms with Crippen molar-refractivity contribution in [2.45, 2.75) is 39.5 Å². The van der Waals surface area contributed by atoms with Crippen LogP contribution in [0, 0.1) is 0 Å². The van der Waals surface area contributed by atoms with E-state index in [0.29, 0.717) is 12.4 Å². The van der Waals surface area contributed by atoms with Crippen LogP contribution in [0.2, 0.25) is 0 Å². The molecule has 1 rings (SSSR count). The van der Waals surface area contributed by atoms with Gasteiger partial charge in [0.2, 0.25) is 0 Å². The summed E-state index contributed by atoms with van der Waals surface area (Å²) in [6, 6.07) is 7.86. The molecule has 0 radical (unpaired) electrons. The first-order valence-corrected chi connectivity index (χ1v) is 7.07. The number of oxime groups is 1. The van der Waals surface area contributed by atoms with Crippen LogP contribution in [0.1, 0.15) is 45.1 Å². The van der Waals surface area contributed by atoms with Gasteiger partial charge in [0.1, 0.15) is 6.61 Å². The first-order chi connectivity index (χ1) is 9.27. The van der Waals surface area contributed by atoms with Gasteiger partial charge in [-0.05, 0) is 44.0 Å². The Morgan fingerprint density at radius 3 is 2.53 bits per heavy atom. The summed E-state index contributed by atoms with van der Waals surface area (Å²) < 4.78 is 0. The summed E-state index contributed by atoms with van der Waals surface area (Å²) in [6.07, 6.45) is 4.69. The molecule has 19 heavy (non-hydrogen) atoms. The van der Waals surface area contributed by atoms with E-state index >= 15 is 0 Å². The van der Waals surface area contributed by atoms with Crippen molar-refractivity contribution in [3.05, 3.63) is 29.8 Å². The second kappa shape index (κ2) is 9.25. The van der Waals surface area contributed by atoms with Crippen LogP contribution >= 0.6 is 0 Å². The van der Waals surface area contributed by atoms with E-state index in [2.05, 4.69) is 24.3 Å². The fourth-order valence-corrected chi connectivity index (χ4v) is 1.72. The molecule has 1 aromatic rings. The van der Waals surface area contributed by atoms with Crippen molar-refractivity contribution >= 4 is 11.5 Å². The third-order valence-electron chi connectivity index (χ3n) is 2.81. The van der Waals surface area contributed by atoms with E-state index in [-0.39, 0.29) is 0 Å². The van der Waals surface area contributed by atoms with E-state index in [1.165, 1.54) is 19.3 Å². The van der Waals surface area contributed by atoms with Gasteiger partial charge in [-0.2, -0.15) is 0 Å². The summed E-state index contributed by atoms with van der Waals surface area (Å²) in [7, 11) is 0. The van der Waals surface area contributed by atoms with Crippen molar-refractivity contribution in [2.75, 3.05) is 18.5 Å². The maximum atomic E-state index is 5.86. The van der Waals surface area contributed by atoms with Crippen molar-refractivity contribution in [1.29, 1.82) is 0 Å². The highest BCUT2D eigenvalue weighted by Gasteiger charge is 1.99. The van der Waals surface area contributed by atoms with Crippen LogP contribution in [-0.4, -0.2) is 19.0 Å². The minimum Gasteiger partial charge on any atom is -0.394 e. The number of benzene rings is 1. The molecule has 0 amide bonds. The van der Waals surface area contributed by atoms with Gasteiger partial charge in [-0.3, -0.25) is 0 Å². The highest BCUT2D eigenvalue weighted by Crippen LogP contribution is 2.09. The minimum absolute atomic E-state index is 0.429. The molecule has 0 aliphatic heterocycles. The Balaban J connectivity index is 2.36. The lowest BCUT2D eigenvalue weighted by molar-refractivity contribution is 0.139. The molecule has 0 heterocycles. The van der Waals surface area contributed by atoms with Crippen LogP contribution in [0.4, 0.5) is 5.69 Å². The summed E-state index contributed by atoms with van der Waals surface area (Å²) in [5, 5.41) is 7.18. The van der Waals surface area contributed by atoms with Gasteiger partial charge in [0.15, 0.2) is 5.84 Å². The topological polar surface area (TPSA) is 59.6 Å². The second-order valence-corrected chi connectivity index (χ2v) is 4.48. The van der Waals surface area contributed by atoms with E-state index in [0.717, 1.165) is 24.2 Å². The zero-order chi connectivity index (χ0) is 13.9. The number of nitrogens with one attached hydrogen (secondary N) is 1. The van der Waals surface area contributed by atoms with Gasteiger partial charge >= 0.3 is 0 Å². The molecule has 0 aromatic heterocycles. The van der Waals surface area contributed by atoms with E-state index < -0.39 is 0 Å². The molecule has 0 aliphatic rings. The molecule has 0 saturated heterocycles. The third kappa shape index (κ3) is 6.13. The number of hydrogen-bond acceptors (Lipinski definition) is 3. The number of amidine groups is 1. The summed E-state index contributed by atoms with van der Waals surface area (Å²) in [5.41, 5.74) is 7.83. The normalized spacial score (nSPS) is 11.4. The highest BCUT2D eigenvalue weighted by atomic mass is 16.6. The Hall–Kier alpha value is -1.71. The largest absolute Gasteiger partial charge is 0.394 e. The van der Waals surface area contributed by atoms with Gasteiger partial charge in [0.05, 0.1) is 0 Å². The predicted molar refractivity (Wildman–Crippen MR) is 81.4 cm³/mol. The van der Waals surface area contributed by atoms with Crippen molar-refractivity contribution < 1.29 is 4.84 Å². The molecule has 0 spiro atoms. The fourth-order valence-electron chi connectivity index (χ4n) is 1.72. The van der Waals surface area contributed by atoms with Gasteiger partial charge in [0, 0.05) is 17.8 Å². The van der Waals surface area contributed by atoms with Crippen LogP contribution in [0.25, 0.3) is 0 Å². The first-order valence-electron chi connectivity index (χ1n) is 7.07. The third-order valence-corrected chi connectivity index (χ3v) is 2.81. The van der Waals surface area contributed by atoms with Gasteiger partial charge in [-0.25, -0.2) is 0 Å². The number of nitrogens with two attached hydrogens (primary N) is 1. The Labute approximate surface area is 116 Å². The molecular weight excluding hydrogens is 238 g/mol. The Morgan fingerprint density at radius 1 is 1.16 bits per heavy atom. The van der Waals surface area contributed by atoms with Crippen LogP contribution in [0.5, 0.6) is 0 Å². The first kappa shape index (κ1) is 15.3. The van der Waals surface area contributed by atoms with E-state index in [9.17, 15) is 0 Å². The maximum Gasteiger partial charge on any atom is 0.170 e. The highest BCUT2D eigenvalue weighted by molar-refractivity contribution is 5.97. The van der Waals surface area contributed by atoms with E-state index in [1.54, 1.807) is 0 Å². The molecule has 0 bridgehead atoms. The molecule has 0 aliphatic carbocycles. The fraction of sp³-hybridized carbons (Fsp3) is 0.533. The van der Waals surface area contributed by atoms with Crippen molar-refractivity contribution in [2.24, 2.45) is 10.9 Å². The molecule has 0 fully saturated rings. The Kier molecular flexibility index (Phi) is 7.47. The maximum absolute atomic E-state index is 5.86. The lowest BCUT2D eigenvalue weighted by Crippen LogP contribution is -2.14. The van der Waals surface area contributed by atoms with Gasteiger partial charge in [-0.1, -0.05) is 24.9 Å². The van der Waals surface area contributed by atoms with Gasteiger partial charge < -0.3 is 15.9 Å². The molecule has 106 valence electrons. The zero-order valence-corrected chi connectivity index (χ0v) is 12.0. The van der Waals surface area contributed by atoms with Crippen LogP contribution in [-0.2, 0) is 4.84 Å². The quantitative estimate of drug-likeness (QED) is 0.311. The number of anilines is 1. The van der Waals surface area contributed by atoms with Crippen LogP contribution < -0.4 is 11.1 Å². The molecule has 0 atom stereocenters. The molecular formula is C15H25N3O. The summed E-state index contributed by atoms with van der Waals surface area (Å²) in [6.45, 7) is 5.80. The molecule has 0 unspecified atom stereocenters. The SMILES string of the molecule is CCCCCCON=C(N)c1ccc(NCC)cc1. The lowest BCUT2D eigenvalue weighted by Gasteiger charge is -2.05. The second-order valence-electron chi connectivity index (χ2n) is 4.48. The molecule has 1 aromatic carbocycles. The standard InChI is InChI=1S/C15H25N3O/c1-3-5-6-7-12-19-18-15(16)13-8-10-14(11-9-13)17-4-2/h8-11,17H,3-7,12H2,1-2H3,(H2,16,18). The van der Waals surface area contributed by atoms with Crippen molar-refractivity contribution in [1.82, 2.24) is 0 Å². The van der Waals surface area contributed by atoms with E-state index in [4.69, 9.17) is 10.6 Å². The number of nitrogens with zero attached hydrogens (tertiary/aromatic N) is 1. The van der Waals surface area contributed by atoms with Crippen molar-refractivity contribution in [3.63, 3.8) is 0 Å².